The summed E-state index contributed by atoms with van der Waals surface area (Å²) in [6.45, 7) is 2.97. The van der Waals surface area contributed by atoms with E-state index in [1.165, 1.54) is 16.7 Å². The van der Waals surface area contributed by atoms with Gasteiger partial charge in [-0.15, -0.1) is 0 Å². The second kappa shape index (κ2) is 8.58. The molecule has 2 aliphatic rings. The van der Waals surface area contributed by atoms with Crippen molar-refractivity contribution in [1.29, 1.82) is 0 Å². The number of amides is 3. The van der Waals surface area contributed by atoms with Crippen molar-refractivity contribution in [3.05, 3.63) is 60.4 Å². The molecule has 1 unspecified atom stereocenters. The van der Waals surface area contributed by atoms with Crippen molar-refractivity contribution in [1.82, 2.24) is 15.5 Å². The number of nitrogens with one attached hydrogen (secondary N) is 2. The minimum atomic E-state index is -0.986. The smallest absolute Gasteiger partial charge is 0.413 e. The number of carbonyl (C=O) groups is 2. The standard InChI is InChI=1S/C21H22N4O4S/c1-2-9-22-19(26)23-13-14-5-3-4-6-17(14)29-15-7-8-18-16(12-15)24-10-11-25(21(27)28)20(24)30-18/h3-8,10-12,20H,2,9,13H2,1H3,(H,27,28)(H2,22,23,26). The molecule has 1 atom stereocenters. The van der Waals surface area contributed by atoms with Gasteiger partial charge >= 0.3 is 12.1 Å². The lowest BCUT2D eigenvalue weighted by Gasteiger charge is -2.21. The highest BCUT2D eigenvalue weighted by molar-refractivity contribution is 8.00. The first kappa shape index (κ1) is 20.0. The molecule has 2 aliphatic heterocycles. The van der Waals surface area contributed by atoms with Gasteiger partial charge in [0, 0.05) is 42.0 Å². The molecule has 3 amide bonds. The molecule has 0 aliphatic carbocycles. The minimum absolute atomic E-state index is 0.212. The van der Waals surface area contributed by atoms with E-state index in [2.05, 4.69) is 10.6 Å². The molecule has 30 heavy (non-hydrogen) atoms. The molecule has 4 rings (SSSR count). The summed E-state index contributed by atoms with van der Waals surface area (Å²) >= 11 is 1.48. The largest absolute Gasteiger partial charge is 0.465 e. The maximum atomic E-state index is 11.8. The molecule has 0 radical (unpaired) electrons. The van der Waals surface area contributed by atoms with Gasteiger partial charge in [0.15, 0.2) is 5.50 Å². The van der Waals surface area contributed by atoms with Gasteiger partial charge in [-0.2, -0.15) is 0 Å². The highest BCUT2D eigenvalue weighted by atomic mass is 32.2. The van der Waals surface area contributed by atoms with E-state index >= 15 is 0 Å². The summed E-state index contributed by atoms with van der Waals surface area (Å²) in [7, 11) is 0. The van der Waals surface area contributed by atoms with Crippen LogP contribution in [-0.2, 0) is 6.54 Å². The van der Waals surface area contributed by atoms with Gasteiger partial charge in [0.25, 0.3) is 0 Å². The van der Waals surface area contributed by atoms with E-state index in [1.54, 1.807) is 12.4 Å². The Morgan fingerprint density at radius 2 is 2.00 bits per heavy atom. The van der Waals surface area contributed by atoms with Gasteiger partial charge in [0.05, 0.1) is 5.69 Å². The van der Waals surface area contributed by atoms with Crippen molar-refractivity contribution in [3.8, 4) is 11.5 Å². The minimum Gasteiger partial charge on any atom is -0.465 e. The number of fused-ring (bicyclic) bond motifs is 3. The van der Waals surface area contributed by atoms with Crippen molar-refractivity contribution >= 4 is 29.6 Å². The number of anilines is 1. The molecule has 2 heterocycles. The normalized spacial score (nSPS) is 16.2. The van der Waals surface area contributed by atoms with E-state index in [4.69, 9.17) is 4.74 Å². The van der Waals surface area contributed by atoms with Crippen molar-refractivity contribution in [2.45, 2.75) is 30.3 Å². The molecule has 0 fully saturated rings. The molecular weight excluding hydrogens is 404 g/mol. The number of carboxylic acid groups (broad SMARTS) is 1. The molecule has 8 nitrogen and oxygen atoms in total. The summed E-state index contributed by atoms with van der Waals surface area (Å²) in [6, 6.07) is 13.0. The van der Waals surface area contributed by atoms with Crippen molar-refractivity contribution < 1.29 is 19.4 Å². The van der Waals surface area contributed by atoms with Crippen LogP contribution < -0.4 is 20.3 Å². The predicted octanol–water partition coefficient (Wildman–Crippen LogP) is 4.35. The van der Waals surface area contributed by atoms with Crippen LogP contribution >= 0.6 is 11.8 Å². The lowest BCUT2D eigenvalue weighted by atomic mass is 10.2. The second-order valence-corrected chi connectivity index (χ2v) is 7.89. The van der Waals surface area contributed by atoms with Gasteiger partial charge < -0.3 is 25.4 Å². The summed E-state index contributed by atoms with van der Waals surface area (Å²) in [5.41, 5.74) is 1.43. The van der Waals surface area contributed by atoms with Gasteiger partial charge in [-0.3, -0.25) is 4.90 Å². The fraction of sp³-hybridized carbons (Fsp3) is 0.238. The summed E-state index contributed by atoms with van der Waals surface area (Å²) in [4.78, 5) is 27.4. The Kier molecular flexibility index (Phi) is 5.71. The number of para-hydroxylation sites is 1. The number of carbonyl (C=O) groups excluding carboxylic acids is 1. The van der Waals surface area contributed by atoms with Crippen LogP contribution in [0, 0.1) is 0 Å². The van der Waals surface area contributed by atoms with Gasteiger partial charge in [-0.05, 0) is 24.6 Å². The zero-order chi connectivity index (χ0) is 21.1. The topological polar surface area (TPSA) is 94.1 Å². The third-order valence-electron chi connectivity index (χ3n) is 4.70. The fourth-order valence-corrected chi connectivity index (χ4v) is 4.45. The van der Waals surface area contributed by atoms with E-state index in [-0.39, 0.29) is 11.5 Å². The SMILES string of the molecule is CCCNC(=O)NCc1ccccc1Oc1ccc2c(c1)N1C=CN(C(=O)O)C1S2. The van der Waals surface area contributed by atoms with Crippen LogP contribution in [0.15, 0.2) is 59.8 Å². The number of rotatable bonds is 6. The van der Waals surface area contributed by atoms with Crippen LogP contribution in [0.25, 0.3) is 0 Å². The van der Waals surface area contributed by atoms with Gasteiger partial charge in [-0.1, -0.05) is 36.9 Å². The van der Waals surface area contributed by atoms with Crippen LogP contribution in [0.2, 0.25) is 0 Å². The molecule has 0 aromatic heterocycles. The van der Waals surface area contributed by atoms with Crippen LogP contribution in [-0.4, -0.2) is 34.2 Å². The van der Waals surface area contributed by atoms with Crippen molar-refractivity contribution in [2.24, 2.45) is 0 Å². The van der Waals surface area contributed by atoms with Crippen LogP contribution in [0.5, 0.6) is 11.5 Å². The molecular formula is C21H22N4O4S. The van der Waals surface area contributed by atoms with Gasteiger partial charge in [0.2, 0.25) is 0 Å². The number of nitrogens with zero attached hydrogens (tertiary/aromatic N) is 2. The number of ether oxygens (including phenoxy) is 1. The quantitative estimate of drug-likeness (QED) is 0.636. The Balaban J connectivity index is 1.48. The van der Waals surface area contributed by atoms with Crippen LogP contribution in [0.4, 0.5) is 15.3 Å². The van der Waals surface area contributed by atoms with E-state index < -0.39 is 6.09 Å². The first-order chi connectivity index (χ1) is 14.6. The van der Waals surface area contributed by atoms with Gasteiger partial charge in [-0.25, -0.2) is 9.59 Å². The molecule has 156 valence electrons. The Labute approximate surface area is 178 Å². The van der Waals surface area contributed by atoms with E-state index in [0.29, 0.717) is 24.6 Å². The lowest BCUT2D eigenvalue weighted by Crippen LogP contribution is -2.35. The molecule has 0 saturated heterocycles. The summed E-state index contributed by atoms with van der Waals surface area (Å²) < 4.78 is 6.11. The zero-order valence-corrected chi connectivity index (χ0v) is 17.2. The molecule has 3 N–H and O–H groups in total. The molecule has 2 aromatic rings. The first-order valence-electron chi connectivity index (χ1n) is 9.63. The number of hydrogen-bond donors (Lipinski definition) is 3. The molecule has 9 heteroatoms. The number of urea groups is 1. The predicted molar refractivity (Wildman–Crippen MR) is 115 cm³/mol. The van der Waals surface area contributed by atoms with Crippen molar-refractivity contribution in [3.63, 3.8) is 0 Å². The second-order valence-electron chi connectivity index (χ2n) is 6.79. The highest BCUT2D eigenvalue weighted by Gasteiger charge is 2.39. The fourth-order valence-electron chi connectivity index (χ4n) is 3.22. The Morgan fingerprint density at radius 1 is 1.17 bits per heavy atom. The van der Waals surface area contributed by atoms with E-state index in [0.717, 1.165) is 22.6 Å². The van der Waals surface area contributed by atoms with Gasteiger partial charge in [0.1, 0.15) is 11.5 Å². The molecule has 2 aromatic carbocycles. The third-order valence-corrected chi connectivity index (χ3v) is 5.97. The summed E-state index contributed by atoms with van der Waals surface area (Å²) in [6.07, 6.45) is 3.20. The van der Waals surface area contributed by atoms with Crippen LogP contribution in [0.1, 0.15) is 18.9 Å². The average Bonchev–Trinajstić information content (AvgIpc) is 3.31. The Hall–Kier alpha value is -3.33. The highest BCUT2D eigenvalue weighted by Crippen LogP contribution is 2.48. The number of hydrogen-bond acceptors (Lipinski definition) is 5. The number of benzene rings is 2. The van der Waals surface area contributed by atoms with E-state index in [9.17, 15) is 14.7 Å². The number of thioether (sulfide) groups is 1. The molecule has 0 spiro atoms. The third kappa shape index (κ3) is 4.02. The summed E-state index contributed by atoms with van der Waals surface area (Å²) in [5.74, 6) is 1.29. The van der Waals surface area contributed by atoms with Crippen LogP contribution in [0.3, 0.4) is 0 Å². The first-order valence-corrected chi connectivity index (χ1v) is 10.5. The van der Waals surface area contributed by atoms with E-state index in [1.807, 2.05) is 54.3 Å². The maximum absolute atomic E-state index is 11.8. The Morgan fingerprint density at radius 3 is 2.80 bits per heavy atom. The maximum Gasteiger partial charge on any atom is 0.413 e. The Bertz CT molecular complexity index is 997. The van der Waals surface area contributed by atoms with Crippen molar-refractivity contribution in [2.75, 3.05) is 11.4 Å². The monoisotopic (exact) mass is 426 g/mol. The summed E-state index contributed by atoms with van der Waals surface area (Å²) in [5, 5.41) is 14.9. The lowest BCUT2D eigenvalue weighted by molar-refractivity contribution is 0.163. The zero-order valence-electron chi connectivity index (χ0n) is 16.4. The average molecular weight is 426 g/mol. The molecule has 0 saturated carbocycles. The molecule has 0 bridgehead atoms.